The summed E-state index contributed by atoms with van der Waals surface area (Å²) in [5, 5.41) is 39.3. The zero-order valence-corrected chi connectivity index (χ0v) is 16.6. The fourth-order valence-corrected chi connectivity index (χ4v) is 3.62. The average molecular weight is 405 g/mol. The number of aliphatic hydroxyl groups excluding tert-OH is 3. The summed E-state index contributed by atoms with van der Waals surface area (Å²) >= 11 is 0. The number of allylic oxidation sites excluding steroid dienone is 2. The summed E-state index contributed by atoms with van der Waals surface area (Å²) in [7, 11) is 0. The fraction of sp³-hybridized carbons (Fsp3) is 0.522. The topological polar surface area (TPSA) is 107 Å². The van der Waals surface area contributed by atoms with Crippen LogP contribution < -0.4 is 4.74 Å². The van der Waals surface area contributed by atoms with Crippen LogP contribution in [0.1, 0.15) is 38.5 Å². The first-order valence-corrected chi connectivity index (χ1v) is 10.2. The van der Waals surface area contributed by atoms with Crippen molar-refractivity contribution in [2.24, 2.45) is 11.8 Å². The van der Waals surface area contributed by atoms with E-state index in [1.807, 2.05) is 42.5 Å². The molecule has 29 heavy (non-hydrogen) atoms. The van der Waals surface area contributed by atoms with Gasteiger partial charge in [-0.25, -0.2) is 0 Å². The molecule has 5 atom stereocenters. The van der Waals surface area contributed by atoms with Gasteiger partial charge in [-0.05, 0) is 37.3 Å². The molecule has 160 valence electrons. The number of unbranched alkanes of at least 4 members (excludes halogenated alkanes) is 1. The Labute approximate surface area is 172 Å². The number of benzene rings is 1. The molecule has 0 bridgehead atoms. The van der Waals surface area contributed by atoms with E-state index in [9.17, 15) is 20.1 Å². The minimum Gasteiger partial charge on any atom is -0.493 e. The molecule has 1 saturated carbocycles. The zero-order chi connectivity index (χ0) is 21.1. The van der Waals surface area contributed by atoms with E-state index in [0.717, 1.165) is 5.75 Å². The third-order valence-corrected chi connectivity index (χ3v) is 5.23. The van der Waals surface area contributed by atoms with Gasteiger partial charge in [0.25, 0.3) is 0 Å². The molecule has 1 aliphatic rings. The van der Waals surface area contributed by atoms with E-state index < -0.39 is 24.3 Å². The normalized spacial score (nSPS) is 25.6. The minimum atomic E-state index is -0.800. The molecule has 1 aliphatic carbocycles. The number of carbonyl (C=O) groups is 1. The molecule has 0 radical (unpaired) electrons. The Balaban J connectivity index is 1.77. The maximum absolute atomic E-state index is 10.5. The molecule has 0 amide bonds. The van der Waals surface area contributed by atoms with Crippen LogP contribution in [0.3, 0.4) is 0 Å². The number of aliphatic hydroxyl groups is 3. The highest BCUT2D eigenvalue weighted by Crippen LogP contribution is 2.36. The molecular weight excluding hydrogens is 372 g/mol. The van der Waals surface area contributed by atoms with Crippen LogP contribution in [-0.2, 0) is 4.79 Å². The predicted octanol–water partition coefficient (Wildman–Crippen LogP) is 2.93. The van der Waals surface area contributed by atoms with Crippen molar-refractivity contribution >= 4 is 5.97 Å². The highest BCUT2D eigenvalue weighted by atomic mass is 16.5. The largest absolute Gasteiger partial charge is 0.493 e. The van der Waals surface area contributed by atoms with Gasteiger partial charge in [0, 0.05) is 25.2 Å². The van der Waals surface area contributed by atoms with Gasteiger partial charge >= 0.3 is 5.97 Å². The minimum absolute atomic E-state index is 0.121. The average Bonchev–Trinajstić information content (AvgIpc) is 2.96. The molecule has 2 rings (SSSR count). The van der Waals surface area contributed by atoms with E-state index in [0.29, 0.717) is 38.7 Å². The highest BCUT2D eigenvalue weighted by Gasteiger charge is 2.39. The summed E-state index contributed by atoms with van der Waals surface area (Å²) < 4.78 is 5.58. The summed E-state index contributed by atoms with van der Waals surface area (Å²) in [4.78, 5) is 10.5. The monoisotopic (exact) mass is 404 g/mol. The van der Waals surface area contributed by atoms with Gasteiger partial charge in [0.2, 0.25) is 0 Å². The zero-order valence-electron chi connectivity index (χ0n) is 16.6. The van der Waals surface area contributed by atoms with Gasteiger partial charge in [-0.1, -0.05) is 42.5 Å². The quantitative estimate of drug-likeness (QED) is 0.315. The van der Waals surface area contributed by atoms with E-state index in [-0.39, 0.29) is 18.3 Å². The number of carboxylic acids is 1. The maximum atomic E-state index is 10.5. The van der Waals surface area contributed by atoms with Crippen molar-refractivity contribution in [3.8, 4) is 5.75 Å². The van der Waals surface area contributed by atoms with Crippen LogP contribution in [0.4, 0.5) is 0 Å². The molecule has 0 aromatic heterocycles. The van der Waals surface area contributed by atoms with Gasteiger partial charge in [0.1, 0.15) is 5.75 Å². The molecular formula is C23H32O6. The summed E-state index contributed by atoms with van der Waals surface area (Å²) in [6, 6.07) is 9.41. The van der Waals surface area contributed by atoms with Gasteiger partial charge in [-0.15, -0.1) is 0 Å². The Morgan fingerprint density at radius 3 is 2.66 bits per heavy atom. The van der Waals surface area contributed by atoms with Crippen LogP contribution in [0, 0.1) is 11.8 Å². The lowest BCUT2D eigenvalue weighted by molar-refractivity contribution is -0.137. The maximum Gasteiger partial charge on any atom is 0.303 e. The number of para-hydroxylation sites is 1. The smallest absolute Gasteiger partial charge is 0.303 e. The Bertz CT molecular complexity index is 657. The SMILES string of the molecule is O=C(O)CCC/C=C/C[C@@H]1[C@@H](/C=C/[C@@H](O)CCOc2ccccc2)[C@H](O)C[C@@H]1O. The van der Waals surface area contributed by atoms with Crippen molar-refractivity contribution in [2.75, 3.05) is 6.61 Å². The molecule has 6 heteroatoms. The molecule has 0 unspecified atom stereocenters. The number of hydrogen-bond acceptors (Lipinski definition) is 5. The third-order valence-electron chi connectivity index (χ3n) is 5.23. The van der Waals surface area contributed by atoms with Crippen molar-refractivity contribution in [2.45, 2.75) is 56.8 Å². The summed E-state index contributed by atoms with van der Waals surface area (Å²) in [5.74, 6) is -0.387. The Kier molecular flexibility index (Phi) is 9.91. The number of hydrogen-bond donors (Lipinski definition) is 4. The second-order valence-electron chi connectivity index (χ2n) is 7.51. The number of aliphatic carboxylic acids is 1. The third kappa shape index (κ3) is 8.40. The van der Waals surface area contributed by atoms with Gasteiger partial charge in [-0.3, -0.25) is 4.79 Å². The van der Waals surface area contributed by atoms with Crippen LogP contribution in [0.15, 0.2) is 54.6 Å². The molecule has 1 aromatic carbocycles. The lowest BCUT2D eigenvalue weighted by Gasteiger charge is -2.19. The van der Waals surface area contributed by atoms with Crippen LogP contribution >= 0.6 is 0 Å². The van der Waals surface area contributed by atoms with Crippen molar-refractivity contribution in [1.82, 2.24) is 0 Å². The molecule has 6 nitrogen and oxygen atoms in total. The molecule has 1 fully saturated rings. The van der Waals surface area contributed by atoms with Crippen LogP contribution in [0.25, 0.3) is 0 Å². The van der Waals surface area contributed by atoms with Crippen molar-refractivity contribution < 1.29 is 30.0 Å². The number of rotatable bonds is 12. The van der Waals surface area contributed by atoms with Crippen molar-refractivity contribution in [1.29, 1.82) is 0 Å². The summed E-state index contributed by atoms with van der Waals surface area (Å²) in [6.45, 7) is 0.383. The number of ether oxygens (including phenoxy) is 1. The molecule has 0 spiro atoms. The van der Waals surface area contributed by atoms with Crippen molar-refractivity contribution in [3.05, 3.63) is 54.6 Å². The molecule has 0 heterocycles. The van der Waals surface area contributed by atoms with Crippen LogP contribution in [0.2, 0.25) is 0 Å². The Hall–Kier alpha value is -2.15. The Morgan fingerprint density at radius 1 is 1.17 bits per heavy atom. The first kappa shape index (κ1) is 23.1. The van der Waals surface area contributed by atoms with E-state index in [4.69, 9.17) is 9.84 Å². The lowest BCUT2D eigenvalue weighted by Crippen LogP contribution is -2.20. The van der Waals surface area contributed by atoms with E-state index in [1.165, 1.54) is 0 Å². The van der Waals surface area contributed by atoms with Crippen LogP contribution in [-0.4, -0.2) is 51.3 Å². The summed E-state index contributed by atoms with van der Waals surface area (Å²) in [5.41, 5.74) is 0. The molecule has 0 saturated heterocycles. The van der Waals surface area contributed by atoms with E-state index >= 15 is 0 Å². The Morgan fingerprint density at radius 2 is 1.93 bits per heavy atom. The predicted molar refractivity (Wildman–Crippen MR) is 111 cm³/mol. The fourth-order valence-electron chi connectivity index (χ4n) is 3.62. The number of carboxylic acid groups (broad SMARTS) is 1. The lowest BCUT2D eigenvalue weighted by atomic mass is 9.89. The molecule has 4 N–H and O–H groups in total. The second-order valence-corrected chi connectivity index (χ2v) is 7.51. The van der Waals surface area contributed by atoms with Gasteiger partial charge in [0.05, 0.1) is 24.9 Å². The van der Waals surface area contributed by atoms with Crippen LogP contribution in [0.5, 0.6) is 5.75 Å². The first-order chi connectivity index (χ1) is 14.0. The molecule has 1 aromatic rings. The van der Waals surface area contributed by atoms with E-state index in [2.05, 4.69) is 0 Å². The van der Waals surface area contributed by atoms with Gasteiger partial charge < -0.3 is 25.2 Å². The first-order valence-electron chi connectivity index (χ1n) is 10.2. The van der Waals surface area contributed by atoms with Gasteiger partial charge in [-0.2, -0.15) is 0 Å². The molecule has 0 aliphatic heterocycles. The second kappa shape index (κ2) is 12.4. The van der Waals surface area contributed by atoms with Crippen molar-refractivity contribution in [3.63, 3.8) is 0 Å². The summed E-state index contributed by atoms with van der Waals surface area (Å²) in [6.07, 6.45) is 8.19. The standard InChI is InChI=1S/C23H32O6/c24-17(14-15-29-18-8-4-3-5-9-18)12-13-20-19(21(25)16-22(20)26)10-6-1-2-7-11-23(27)28/h1,3-6,8-9,12-13,17,19-22,24-26H,2,7,10-11,14-16H2,(H,27,28)/b6-1+,13-12+/t17-,19-,20-,21+,22-/m1/s1. The van der Waals surface area contributed by atoms with E-state index in [1.54, 1.807) is 12.2 Å². The van der Waals surface area contributed by atoms with Gasteiger partial charge in [0.15, 0.2) is 0 Å². The highest BCUT2D eigenvalue weighted by molar-refractivity contribution is 5.66.